The lowest BCUT2D eigenvalue weighted by atomic mass is 10.2. The number of rotatable bonds is 4. The van der Waals surface area contributed by atoms with Crippen molar-refractivity contribution in [2.75, 3.05) is 5.73 Å². The van der Waals surface area contributed by atoms with E-state index in [2.05, 4.69) is 4.98 Å². The minimum Gasteiger partial charge on any atom is -0.456 e. The average molecular weight is 326 g/mol. The summed E-state index contributed by atoms with van der Waals surface area (Å²) in [6.45, 7) is 1.91. The Morgan fingerprint density at radius 3 is 2.92 bits per heavy atom. The van der Waals surface area contributed by atoms with E-state index in [0.717, 1.165) is 17.3 Å². The number of anilines is 1. The van der Waals surface area contributed by atoms with E-state index in [1.807, 2.05) is 29.7 Å². The van der Waals surface area contributed by atoms with E-state index in [1.165, 1.54) is 12.1 Å². The third kappa shape index (κ3) is 2.89. The number of nitro groups is 1. The highest BCUT2D eigenvalue weighted by Gasteiger charge is 2.17. The summed E-state index contributed by atoms with van der Waals surface area (Å²) in [4.78, 5) is 26.7. The Kier molecular flexibility index (Phi) is 3.87. The zero-order valence-electron chi connectivity index (χ0n) is 12.8. The van der Waals surface area contributed by atoms with Crippen molar-refractivity contribution >= 4 is 23.0 Å². The van der Waals surface area contributed by atoms with E-state index in [4.69, 9.17) is 10.5 Å². The smallest absolute Gasteiger partial charge is 0.338 e. The summed E-state index contributed by atoms with van der Waals surface area (Å²) in [5.41, 5.74) is 7.61. The van der Waals surface area contributed by atoms with Gasteiger partial charge in [-0.15, -0.1) is 0 Å². The monoisotopic (exact) mass is 326 g/mol. The van der Waals surface area contributed by atoms with Crippen molar-refractivity contribution < 1.29 is 14.5 Å². The number of imidazole rings is 1. The van der Waals surface area contributed by atoms with Gasteiger partial charge in [0.2, 0.25) is 0 Å². The van der Waals surface area contributed by atoms with Gasteiger partial charge in [0, 0.05) is 18.5 Å². The number of fused-ring (bicyclic) bond motifs is 1. The number of nitrogens with zero attached hydrogens (tertiary/aromatic N) is 3. The molecule has 0 amide bonds. The molecule has 0 saturated carbocycles. The molecule has 0 radical (unpaired) electrons. The molecule has 0 aliphatic carbocycles. The molecule has 3 aromatic rings. The van der Waals surface area contributed by atoms with Crippen LogP contribution >= 0.6 is 0 Å². The lowest BCUT2D eigenvalue weighted by Gasteiger charge is -2.04. The number of carbonyl (C=O) groups excluding carboxylic acids is 1. The van der Waals surface area contributed by atoms with Gasteiger partial charge in [0.05, 0.1) is 16.2 Å². The molecule has 122 valence electrons. The predicted molar refractivity (Wildman–Crippen MR) is 86.6 cm³/mol. The van der Waals surface area contributed by atoms with Gasteiger partial charge in [0.1, 0.15) is 17.9 Å². The van der Waals surface area contributed by atoms with Crippen molar-refractivity contribution in [3.63, 3.8) is 0 Å². The van der Waals surface area contributed by atoms with Crippen molar-refractivity contribution in [3.8, 4) is 0 Å². The maximum Gasteiger partial charge on any atom is 0.338 e. The predicted octanol–water partition coefficient (Wildman–Crippen LogP) is 2.49. The molecular formula is C16H14N4O4. The molecule has 0 atom stereocenters. The van der Waals surface area contributed by atoms with E-state index in [9.17, 15) is 14.9 Å². The first kappa shape index (κ1) is 15.5. The number of nitro benzene ring substituents is 1. The van der Waals surface area contributed by atoms with Crippen LogP contribution in [-0.4, -0.2) is 20.3 Å². The lowest BCUT2D eigenvalue weighted by molar-refractivity contribution is -0.383. The topological polar surface area (TPSA) is 113 Å². The zero-order chi connectivity index (χ0) is 17.3. The molecule has 0 fully saturated rings. The van der Waals surface area contributed by atoms with E-state index in [0.29, 0.717) is 5.69 Å². The van der Waals surface area contributed by atoms with Crippen molar-refractivity contribution in [2.24, 2.45) is 0 Å². The molecule has 1 aromatic carbocycles. The maximum atomic E-state index is 12.1. The number of nitrogen functional groups attached to an aromatic ring is 1. The molecule has 0 bridgehead atoms. The third-order valence-corrected chi connectivity index (χ3v) is 3.54. The first-order chi connectivity index (χ1) is 11.5. The van der Waals surface area contributed by atoms with Gasteiger partial charge in [-0.1, -0.05) is 6.07 Å². The second kappa shape index (κ2) is 5.99. The van der Waals surface area contributed by atoms with Crippen LogP contribution in [0.15, 0.2) is 42.7 Å². The molecule has 8 nitrogen and oxygen atoms in total. The van der Waals surface area contributed by atoms with Gasteiger partial charge in [-0.05, 0) is 30.7 Å². The van der Waals surface area contributed by atoms with Crippen LogP contribution in [0.5, 0.6) is 0 Å². The Morgan fingerprint density at radius 1 is 1.42 bits per heavy atom. The molecule has 24 heavy (non-hydrogen) atoms. The molecule has 0 aliphatic heterocycles. The van der Waals surface area contributed by atoms with Crippen LogP contribution in [0.4, 0.5) is 11.4 Å². The van der Waals surface area contributed by atoms with Gasteiger partial charge in [0.25, 0.3) is 5.69 Å². The van der Waals surface area contributed by atoms with Crippen molar-refractivity contribution in [1.82, 2.24) is 9.38 Å². The molecule has 0 unspecified atom stereocenters. The number of carbonyl (C=O) groups is 1. The molecule has 2 N–H and O–H groups in total. The van der Waals surface area contributed by atoms with Gasteiger partial charge >= 0.3 is 5.97 Å². The van der Waals surface area contributed by atoms with E-state index in [-0.39, 0.29) is 23.5 Å². The number of aromatic nitrogens is 2. The maximum absolute atomic E-state index is 12.1. The molecule has 2 heterocycles. The highest BCUT2D eigenvalue weighted by atomic mass is 16.6. The zero-order valence-corrected chi connectivity index (χ0v) is 12.8. The Hall–Kier alpha value is -3.42. The summed E-state index contributed by atoms with van der Waals surface area (Å²) in [6.07, 6.45) is 3.62. The number of hydrogen-bond acceptors (Lipinski definition) is 6. The summed E-state index contributed by atoms with van der Waals surface area (Å²) < 4.78 is 7.02. The number of pyridine rings is 1. The third-order valence-electron chi connectivity index (χ3n) is 3.54. The first-order valence-corrected chi connectivity index (χ1v) is 7.10. The van der Waals surface area contributed by atoms with Crippen LogP contribution < -0.4 is 5.73 Å². The van der Waals surface area contributed by atoms with Gasteiger partial charge in [-0.3, -0.25) is 10.1 Å². The van der Waals surface area contributed by atoms with Gasteiger partial charge < -0.3 is 14.9 Å². The fraction of sp³-hybridized carbons (Fsp3) is 0.125. The minimum atomic E-state index is -0.674. The number of hydrogen-bond donors (Lipinski definition) is 1. The lowest BCUT2D eigenvalue weighted by Crippen LogP contribution is -2.07. The summed E-state index contributed by atoms with van der Waals surface area (Å²) in [5.74, 6) is -0.674. The fourth-order valence-corrected chi connectivity index (χ4v) is 2.33. The van der Waals surface area contributed by atoms with Crippen LogP contribution in [0, 0.1) is 17.0 Å². The molecule has 8 heteroatoms. The second-order valence-electron chi connectivity index (χ2n) is 5.26. The summed E-state index contributed by atoms with van der Waals surface area (Å²) in [5, 5.41) is 10.9. The van der Waals surface area contributed by atoms with Crippen LogP contribution in [0.2, 0.25) is 0 Å². The quantitative estimate of drug-likeness (QED) is 0.341. The van der Waals surface area contributed by atoms with E-state index < -0.39 is 10.9 Å². The highest BCUT2D eigenvalue weighted by Crippen LogP contribution is 2.23. The van der Waals surface area contributed by atoms with E-state index >= 15 is 0 Å². The van der Waals surface area contributed by atoms with Crippen LogP contribution in [0.25, 0.3) is 5.65 Å². The van der Waals surface area contributed by atoms with Crippen molar-refractivity contribution in [3.05, 3.63) is 69.7 Å². The molecular weight excluding hydrogens is 312 g/mol. The molecule has 0 saturated heterocycles. The highest BCUT2D eigenvalue weighted by molar-refractivity contribution is 5.91. The van der Waals surface area contributed by atoms with E-state index in [1.54, 1.807) is 6.20 Å². The fourth-order valence-electron chi connectivity index (χ4n) is 2.33. The average Bonchev–Trinajstić information content (AvgIpc) is 2.97. The minimum absolute atomic E-state index is 0.00706. The van der Waals surface area contributed by atoms with Crippen LogP contribution in [0.1, 0.15) is 21.6 Å². The van der Waals surface area contributed by atoms with Gasteiger partial charge in [-0.2, -0.15) is 0 Å². The van der Waals surface area contributed by atoms with Crippen molar-refractivity contribution in [2.45, 2.75) is 13.5 Å². The van der Waals surface area contributed by atoms with Gasteiger partial charge in [-0.25, -0.2) is 9.78 Å². The Morgan fingerprint density at radius 2 is 2.21 bits per heavy atom. The number of ether oxygens (including phenoxy) is 1. The number of benzene rings is 1. The number of esters is 1. The summed E-state index contributed by atoms with van der Waals surface area (Å²) in [6, 6.07) is 7.63. The largest absolute Gasteiger partial charge is 0.456 e. The molecule has 2 aromatic heterocycles. The van der Waals surface area contributed by atoms with Crippen molar-refractivity contribution in [1.29, 1.82) is 0 Å². The molecule has 0 spiro atoms. The van der Waals surface area contributed by atoms with Gasteiger partial charge in [0.15, 0.2) is 0 Å². The number of nitrogens with two attached hydrogens (primary N) is 1. The Balaban J connectivity index is 1.76. The second-order valence-corrected chi connectivity index (χ2v) is 5.26. The Bertz CT molecular complexity index is 948. The SMILES string of the molecule is Cc1cccn2cc(COC(=O)c3ccc(N)c([N+](=O)[O-])c3)nc12. The normalized spacial score (nSPS) is 10.7. The number of aryl methyl sites for hydroxylation is 1. The summed E-state index contributed by atoms with van der Waals surface area (Å²) in [7, 11) is 0. The van der Waals surface area contributed by atoms with Crippen LogP contribution in [-0.2, 0) is 11.3 Å². The molecule has 3 rings (SSSR count). The standard InChI is InChI=1S/C16H14N4O4/c1-10-3-2-6-19-8-12(18-15(10)19)9-24-16(21)11-4-5-13(17)14(7-11)20(22)23/h2-8H,9,17H2,1H3. The summed E-state index contributed by atoms with van der Waals surface area (Å²) >= 11 is 0. The van der Waals surface area contributed by atoms with Crippen LogP contribution in [0.3, 0.4) is 0 Å². The Labute approximate surface area is 136 Å². The first-order valence-electron chi connectivity index (χ1n) is 7.10. The molecule has 0 aliphatic rings.